The maximum Gasteiger partial charge on any atom is 0.416 e. The van der Waals surface area contributed by atoms with Gasteiger partial charge in [-0.05, 0) is 30.3 Å². The lowest BCUT2D eigenvalue weighted by Gasteiger charge is -2.33. The highest BCUT2D eigenvalue weighted by Gasteiger charge is 2.32. The highest BCUT2D eigenvalue weighted by molar-refractivity contribution is 7.92. The van der Waals surface area contributed by atoms with Crippen molar-refractivity contribution in [3.05, 3.63) is 54.1 Å². The lowest BCUT2D eigenvalue weighted by atomic mass is 10.1. The molecular formula is C18H21F3N3O2S+. The Morgan fingerprint density at radius 2 is 1.67 bits per heavy atom. The number of rotatable bonds is 4. The molecule has 0 aliphatic carbocycles. The minimum atomic E-state index is -4.56. The number of hydrogen-bond acceptors (Lipinski definition) is 3. The number of nitrogens with zero attached hydrogens (tertiary/aromatic N) is 1. The van der Waals surface area contributed by atoms with E-state index in [2.05, 4.69) is 4.72 Å². The topological polar surface area (TPSA) is 53.9 Å². The first kappa shape index (κ1) is 19.5. The number of hydrogen-bond donors (Lipinski definition) is 2. The molecule has 1 saturated heterocycles. The number of halogens is 3. The highest BCUT2D eigenvalue weighted by atomic mass is 32.2. The largest absolute Gasteiger partial charge is 0.416 e. The highest BCUT2D eigenvalue weighted by Crippen LogP contribution is 2.36. The Hall–Kier alpha value is -2.26. The Morgan fingerprint density at radius 1 is 1.04 bits per heavy atom. The van der Waals surface area contributed by atoms with Gasteiger partial charge in [0.25, 0.3) is 10.0 Å². The van der Waals surface area contributed by atoms with Crippen LogP contribution in [0.1, 0.15) is 5.56 Å². The molecule has 0 unspecified atom stereocenters. The second-order valence-electron chi connectivity index (χ2n) is 6.59. The van der Waals surface area contributed by atoms with Crippen LogP contribution < -0.4 is 14.5 Å². The van der Waals surface area contributed by atoms with Crippen molar-refractivity contribution in [1.29, 1.82) is 0 Å². The van der Waals surface area contributed by atoms with Crippen LogP contribution in [0, 0.1) is 0 Å². The van der Waals surface area contributed by atoms with Crippen LogP contribution >= 0.6 is 0 Å². The van der Waals surface area contributed by atoms with E-state index >= 15 is 0 Å². The monoisotopic (exact) mass is 400 g/mol. The molecule has 0 radical (unpaired) electrons. The molecule has 0 saturated carbocycles. The Balaban J connectivity index is 2.00. The summed E-state index contributed by atoms with van der Waals surface area (Å²) in [5.74, 6) is 0. The zero-order chi connectivity index (χ0) is 19.7. The van der Waals surface area contributed by atoms with Crippen molar-refractivity contribution < 1.29 is 26.5 Å². The fraction of sp³-hybridized carbons (Fsp3) is 0.333. The number of alkyl halides is 3. The minimum Gasteiger partial charge on any atom is -0.359 e. The molecule has 3 rings (SSSR count). The SMILES string of the molecule is C[NH+]1CCN(c2ccc(C(F)(F)F)cc2NS(=O)(=O)c2ccccc2)CC1. The van der Waals surface area contributed by atoms with Gasteiger partial charge in [-0.2, -0.15) is 13.2 Å². The summed E-state index contributed by atoms with van der Waals surface area (Å²) in [6.07, 6.45) is -4.56. The van der Waals surface area contributed by atoms with Gasteiger partial charge in [0.15, 0.2) is 0 Å². The second kappa shape index (κ2) is 7.40. The van der Waals surface area contributed by atoms with Gasteiger partial charge in [0.2, 0.25) is 0 Å². The summed E-state index contributed by atoms with van der Waals surface area (Å²) in [6.45, 7) is 2.92. The van der Waals surface area contributed by atoms with Crippen LogP contribution in [0.2, 0.25) is 0 Å². The summed E-state index contributed by atoms with van der Waals surface area (Å²) < 4.78 is 67.1. The maximum absolute atomic E-state index is 13.2. The van der Waals surface area contributed by atoms with Gasteiger partial charge in [-0.25, -0.2) is 8.42 Å². The minimum absolute atomic E-state index is 0.00353. The molecule has 0 spiro atoms. The number of nitrogens with one attached hydrogen (secondary N) is 2. The Kier molecular flexibility index (Phi) is 5.34. The number of benzene rings is 2. The van der Waals surface area contributed by atoms with E-state index in [9.17, 15) is 21.6 Å². The summed E-state index contributed by atoms with van der Waals surface area (Å²) >= 11 is 0. The third-order valence-corrected chi connectivity index (χ3v) is 5.96. The Morgan fingerprint density at radius 3 is 2.26 bits per heavy atom. The molecule has 1 aliphatic heterocycles. The van der Waals surface area contributed by atoms with Gasteiger partial charge in [0.05, 0.1) is 55.1 Å². The molecule has 0 aromatic heterocycles. The van der Waals surface area contributed by atoms with Crippen molar-refractivity contribution in [2.45, 2.75) is 11.1 Å². The van der Waals surface area contributed by atoms with Crippen molar-refractivity contribution in [3.8, 4) is 0 Å². The van der Waals surface area contributed by atoms with Gasteiger partial charge in [-0.3, -0.25) is 4.72 Å². The predicted molar refractivity (Wildman–Crippen MR) is 97.5 cm³/mol. The van der Waals surface area contributed by atoms with Crippen LogP contribution in [0.5, 0.6) is 0 Å². The van der Waals surface area contributed by atoms with Crippen LogP contribution in [0.4, 0.5) is 24.5 Å². The van der Waals surface area contributed by atoms with E-state index in [0.29, 0.717) is 18.8 Å². The van der Waals surface area contributed by atoms with E-state index in [4.69, 9.17) is 0 Å². The van der Waals surface area contributed by atoms with Crippen LogP contribution in [-0.2, 0) is 16.2 Å². The van der Waals surface area contributed by atoms with Gasteiger partial charge in [0, 0.05) is 0 Å². The van der Waals surface area contributed by atoms with Crippen LogP contribution in [0.3, 0.4) is 0 Å². The van der Waals surface area contributed by atoms with Gasteiger partial charge < -0.3 is 9.80 Å². The molecule has 2 N–H and O–H groups in total. The lowest BCUT2D eigenvalue weighted by molar-refractivity contribution is -0.880. The Bertz CT molecular complexity index is 894. The zero-order valence-electron chi connectivity index (χ0n) is 14.8. The van der Waals surface area contributed by atoms with E-state index in [1.165, 1.54) is 23.1 Å². The number of likely N-dealkylation sites (N-methyl/N-ethyl adjacent to an activating group) is 1. The van der Waals surface area contributed by atoms with Crippen molar-refractivity contribution in [2.24, 2.45) is 0 Å². The fourth-order valence-corrected chi connectivity index (χ4v) is 4.09. The van der Waals surface area contributed by atoms with Gasteiger partial charge in [0.1, 0.15) is 0 Å². The van der Waals surface area contributed by atoms with E-state index in [1.807, 2.05) is 11.9 Å². The zero-order valence-corrected chi connectivity index (χ0v) is 15.6. The standard InChI is InChI=1S/C18H20F3N3O2S/c1-23-9-11-24(12-10-23)17-8-7-14(18(19,20)21)13-16(17)22-27(25,26)15-5-3-2-4-6-15/h2-8,13,22H,9-12H2,1H3/p+1. The Labute approximate surface area is 156 Å². The van der Waals surface area contributed by atoms with Gasteiger partial charge in [-0.1, -0.05) is 18.2 Å². The third-order valence-electron chi connectivity index (χ3n) is 4.58. The number of quaternary nitrogens is 1. The summed E-state index contributed by atoms with van der Waals surface area (Å²) in [7, 11) is -1.95. The molecule has 0 bridgehead atoms. The molecular weight excluding hydrogens is 379 g/mol. The van der Waals surface area contributed by atoms with Crippen LogP contribution in [0.15, 0.2) is 53.4 Å². The van der Waals surface area contributed by atoms with Crippen LogP contribution in [-0.4, -0.2) is 41.6 Å². The molecule has 1 aliphatic rings. The predicted octanol–water partition coefficient (Wildman–Crippen LogP) is 1.84. The molecule has 5 nitrogen and oxygen atoms in total. The average molecular weight is 400 g/mol. The second-order valence-corrected chi connectivity index (χ2v) is 8.27. The molecule has 1 heterocycles. The number of anilines is 2. The van der Waals surface area contributed by atoms with E-state index < -0.39 is 21.8 Å². The molecule has 9 heteroatoms. The molecule has 146 valence electrons. The third kappa shape index (κ3) is 4.54. The molecule has 2 aromatic carbocycles. The van der Waals surface area contributed by atoms with Gasteiger partial charge in [-0.15, -0.1) is 0 Å². The molecule has 0 amide bonds. The van der Waals surface area contributed by atoms with Crippen molar-refractivity contribution in [1.82, 2.24) is 0 Å². The van der Waals surface area contributed by atoms with Crippen LogP contribution in [0.25, 0.3) is 0 Å². The van der Waals surface area contributed by atoms with E-state index in [1.54, 1.807) is 18.2 Å². The summed E-state index contributed by atoms with van der Waals surface area (Å²) in [4.78, 5) is 3.23. The number of piperazine rings is 1. The fourth-order valence-electron chi connectivity index (χ4n) is 3.00. The average Bonchev–Trinajstić information content (AvgIpc) is 2.62. The quantitative estimate of drug-likeness (QED) is 0.824. The summed E-state index contributed by atoms with van der Waals surface area (Å²) in [6, 6.07) is 10.8. The van der Waals surface area contributed by atoms with Gasteiger partial charge >= 0.3 is 6.18 Å². The summed E-state index contributed by atoms with van der Waals surface area (Å²) in [5, 5.41) is 0. The van der Waals surface area contributed by atoms with Crippen molar-refractivity contribution in [2.75, 3.05) is 42.8 Å². The van der Waals surface area contributed by atoms with E-state index in [0.717, 1.165) is 25.2 Å². The first-order valence-corrected chi connectivity index (χ1v) is 10.0. The lowest BCUT2D eigenvalue weighted by Crippen LogP contribution is -3.12. The normalized spacial score (nSPS) is 16.4. The van der Waals surface area contributed by atoms with Crippen molar-refractivity contribution >= 4 is 21.4 Å². The first-order chi connectivity index (χ1) is 12.7. The smallest absolute Gasteiger partial charge is 0.359 e. The van der Waals surface area contributed by atoms with Crippen molar-refractivity contribution in [3.63, 3.8) is 0 Å². The van der Waals surface area contributed by atoms with E-state index in [-0.39, 0.29) is 10.6 Å². The first-order valence-electron chi connectivity index (χ1n) is 8.52. The summed E-state index contributed by atoms with van der Waals surface area (Å²) in [5.41, 5.74) is -0.500. The maximum atomic E-state index is 13.2. The molecule has 27 heavy (non-hydrogen) atoms. The molecule has 0 atom stereocenters. The number of sulfonamides is 1. The molecule has 1 fully saturated rings. The molecule has 2 aromatic rings.